The van der Waals surface area contributed by atoms with Crippen LogP contribution in [0, 0.1) is 6.92 Å². The van der Waals surface area contributed by atoms with Gasteiger partial charge in [0.25, 0.3) is 0 Å². The molecule has 0 radical (unpaired) electrons. The van der Waals surface area contributed by atoms with E-state index in [1.165, 1.54) is 6.33 Å². The summed E-state index contributed by atoms with van der Waals surface area (Å²) in [5, 5.41) is 0.584. The van der Waals surface area contributed by atoms with E-state index in [9.17, 15) is 0 Å². The Morgan fingerprint density at radius 1 is 1.25 bits per heavy atom. The Morgan fingerprint density at radius 3 is 2.75 bits per heavy atom. The second-order valence-corrected chi connectivity index (χ2v) is 4.69. The maximum Gasteiger partial charge on any atom is 0.249 e. The second-order valence-electron chi connectivity index (χ2n) is 4.26. The van der Waals surface area contributed by atoms with Gasteiger partial charge in [0.15, 0.2) is 5.69 Å². The molecule has 1 heterocycles. The van der Waals surface area contributed by atoms with E-state index in [1.807, 2.05) is 19.9 Å². The van der Waals surface area contributed by atoms with Crippen LogP contribution in [-0.2, 0) is 0 Å². The highest BCUT2D eigenvalue weighted by Gasteiger charge is 2.12. The molecule has 0 aliphatic heterocycles. The zero-order chi connectivity index (χ0) is 14.5. The number of nitrogen functional groups attached to an aromatic ring is 1. The highest BCUT2D eigenvalue weighted by Crippen LogP contribution is 2.33. The van der Waals surface area contributed by atoms with Gasteiger partial charge in [-0.25, -0.2) is 0 Å². The first-order chi connectivity index (χ1) is 9.61. The Hall–Kier alpha value is -2.01. The van der Waals surface area contributed by atoms with Crippen LogP contribution in [0.2, 0.25) is 5.02 Å². The van der Waals surface area contributed by atoms with Crippen molar-refractivity contribution in [3.05, 3.63) is 35.1 Å². The third-order valence-electron chi connectivity index (χ3n) is 2.61. The van der Waals surface area contributed by atoms with Crippen LogP contribution in [0.1, 0.15) is 18.9 Å². The highest BCUT2D eigenvalue weighted by molar-refractivity contribution is 6.30. The average molecular weight is 294 g/mol. The van der Waals surface area contributed by atoms with Crippen molar-refractivity contribution in [2.45, 2.75) is 20.3 Å². The molecule has 5 nitrogen and oxygen atoms in total. The minimum absolute atomic E-state index is 0.261. The molecule has 2 N–H and O–H groups in total. The number of anilines is 1. The number of benzene rings is 1. The van der Waals surface area contributed by atoms with E-state index in [-0.39, 0.29) is 11.6 Å². The van der Waals surface area contributed by atoms with Crippen molar-refractivity contribution in [1.82, 2.24) is 9.97 Å². The molecular formula is C14H16ClN3O2. The van der Waals surface area contributed by atoms with E-state index >= 15 is 0 Å². The lowest BCUT2D eigenvalue weighted by atomic mass is 10.2. The largest absolute Gasteiger partial charge is 0.476 e. The SMILES string of the molecule is CCCOc1ncnc(Oc2cc(Cl)ccc2C)c1N. The van der Waals surface area contributed by atoms with Crippen LogP contribution >= 0.6 is 11.6 Å². The highest BCUT2D eigenvalue weighted by atomic mass is 35.5. The van der Waals surface area contributed by atoms with Gasteiger partial charge in [-0.15, -0.1) is 0 Å². The predicted molar refractivity (Wildman–Crippen MR) is 78.5 cm³/mol. The number of ether oxygens (including phenoxy) is 2. The third kappa shape index (κ3) is 3.30. The van der Waals surface area contributed by atoms with Crippen molar-refractivity contribution in [3.63, 3.8) is 0 Å². The van der Waals surface area contributed by atoms with Gasteiger partial charge in [0.05, 0.1) is 6.61 Å². The molecule has 106 valence electrons. The fourth-order valence-corrected chi connectivity index (χ4v) is 1.71. The first-order valence-corrected chi connectivity index (χ1v) is 6.67. The number of aromatic nitrogens is 2. The zero-order valence-corrected chi connectivity index (χ0v) is 12.1. The summed E-state index contributed by atoms with van der Waals surface area (Å²) in [6.45, 7) is 4.46. The van der Waals surface area contributed by atoms with Gasteiger partial charge in [-0.1, -0.05) is 24.6 Å². The molecule has 0 amide bonds. The monoisotopic (exact) mass is 293 g/mol. The summed E-state index contributed by atoms with van der Waals surface area (Å²) >= 11 is 5.95. The standard InChI is InChI=1S/C14H16ClN3O2/c1-3-6-19-13-12(16)14(18-8-17-13)20-11-7-10(15)5-4-9(11)2/h4-5,7-8H,3,6,16H2,1-2H3. The van der Waals surface area contributed by atoms with E-state index in [2.05, 4.69) is 9.97 Å². The molecule has 20 heavy (non-hydrogen) atoms. The molecule has 6 heteroatoms. The van der Waals surface area contributed by atoms with E-state index in [1.54, 1.807) is 12.1 Å². The molecule has 0 atom stereocenters. The average Bonchev–Trinajstić information content (AvgIpc) is 2.44. The Bertz CT molecular complexity index is 605. The number of halogens is 1. The lowest BCUT2D eigenvalue weighted by Gasteiger charge is -2.12. The van der Waals surface area contributed by atoms with Gasteiger partial charge in [-0.3, -0.25) is 0 Å². The van der Waals surface area contributed by atoms with Gasteiger partial charge in [0.2, 0.25) is 11.8 Å². The molecule has 0 bridgehead atoms. The van der Waals surface area contributed by atoms with Gasteiger partial charge in [0, 0.05) is 5.02 Å². The Morgan fingerprint density at radius 2 is 2.00 bits per heavy atom. The maximum atomic E-state index is 5.95. The van der Waals surface area contributed by atoms with E-state index in [0.717, 1.165) is 12.0 Å². The van der Waals surface area contributed by atoms with Crippen LogP contribution in [0.25, 0.3) is 0 Å². The van der Waals surface area contributed by atoms with E-state index in [4.69, 9.17) is 26.8 Å². The first kappa shape index (κ1) is 14.4. The van der Waals surface area contributed by atoms with Crippen molar-refractivity contribution in [2.75, 3.05) is 12.3 Å². The zero-order valence-electron chi connectivity index (χ0n) is 11.4. The number of nitrogens with zero attached hydrogens (tertiary/aromatic N) is 2. The lowest BCUT2D eigenvalue weighted by molar-refractivity contribution is 0.304. The first-order valence-electron chi connectivity index (χ1n) is 6.29. The van der Waals surface area contributed by atoms with Gasteiger partial charge in [-0.05, 0) is 31.0 Å². The Balaban J connectivity index is 2.27. The van der Waals surface area contributed by atoms with Crippen LogP contribution in [-0.4, -0.2) is 16.6 Å². The molecule has 2 rings (SSSR count). The second kappa shape index (κ2) is 6.43. The molecule has 0 saturated carbocycles. The number of rotatable bonds is 5. The molecule has 0 fully saturated rings. The fourth-order valence-electron chi connectivity index (χ4n) is 1.55. The van der Waals surface area contributed by atoms with Crippen molar-refractivity contribution < 1.29 is 9.47 Å². The molecule has 0 spiro atoms. The van der Waals surface area contributed by atoms with Crippen molar-refractivity contribution >= 4 is 17.3 Å². The normalized spacial score (nSPS) is 10.3. The third-order valence-corrected chi connectivity index (χ3v) is 2.85. The predicted octanol–water partition coefficient (Wildman–Crippen LogP) is 3.60. The van der Waals surface area contributed by atoms with Crippen molar-refractivity contribution in [1.29, 1.82) is 0 Å². The minimum Gasteiger partial charge on any atom is -0.476 e. The number of hydrogen-bond acceptors (Lipinski definition) is 5. The summed E-state index contributed by atoms with van der Waals surface area (Å²) in [5.74, 6) is 1.19. The smallest absolute Gasteiger partial charge is 0.249 e. The van der Waals surface area contributed by atoms with Gasteiger partial charge in [-0.2, -0.15) is 9.97 Å². The molecule has 1 aromatic heterocycles. The fraction of sp³-hybridized carbons (Fsp3) is 0.286. The van der Waals surface area contributed by atoms with Crippen LogP contribution in [0.4, 0.5) is 5.69 Å². The maximum absolute atomic E-state index is 5.95. The van der Waals surface area contributed by atoms with Crippen LogP contribution < -0.4 is 15.2 Å². The quantitative estimate of drug-likeness (QED) is 0.912. The van der Waals surface area contributed by atoms with Gasteiger partial charge >= 0.3 is 0 Å². The summed E-state index contributed by atoms with van der Waals surface area (Å²) in [7, 11) is 0. The van der Waals surface area contributed by atoms with Crippen LogP contribution in [0.15, 0.2) is 24.5 Å². The Kier molecular flexibility index (Phi) is 4.63. The summed E-state index contributed by atoms with van der Waals surface area (Å²) < 4.78 is 11.1. The summed E-state index contributed by atoms with van der Waals surface area (Å²) in [4.78, 5) is 8.03. The van der Waals surface area contributed by atoms with E-state index in [0.29, 0.717) is 23.3 Å². The summed E-state index contributed by atoms with van der Waals surface area (Å²) in [6.07, 6.45) is 2.23. The molecule has 0 saturated heterocycles. The van der Waals surface area contributed by atoms with Gasteiger partial charge in [0.1, 0.15) is 12.1 Å². The lowest BCUT2D eigenvalue weighted by Crippen LogP contribution is -2.04. The van der Waals surface area contributed by atoms with Crippen molar-refractivity contribution in [3.8, 4) is 17.5 Å². The van der Waals surface area contributed by atoms with Crippen LogP contribution in [0.3, 0.4) is 0 Å². The molecule has 1 aromatic carbocycles. The van der Waals surface area contributed by atoms with E-state index < -0.39 is 0 Å². The minimum atomic E-state index is 0.261. The topological polar surface area (TPSA) is 70.3 Å². The van der Waals surface area contributed by atoms with Gasteiger partial charge < -0.3 is 15.2 Å². The number of hydrogen-bond donors (Lipinski definition) is 1. The molecule has 0 aliphatic rings. The number of nitrogens with two attached hydrogens (primary N) is 1. The Labute approximate surface area is 122 Å². The molecule has 0 unspecified atom stereocenters. The van der Waals surface area contributed by atoms with Crippen molar-refractivity contribution in [2.24, 2.45) is 0 Å². The number of aryl methyl sites for hydroxylation is 1. The van der Waals surface area contributed by atoms with Crippen LogP contribution in [0.5, 0.6) is 17.5 Å². The molecular weight excluding hydrogens is 278 g/mol. The molecule has 0 aliphatic carbocycles. The summed E-state index contributed by atoms with van der Waals surface area (Å²) in [6, 6.07) is 5.37. The summed E-state index contributed by atoms with van der Waals surface area (Å²) in [5.41, 5.74) is 7.16. The molecule has 2 aromatic rings.